The first-order valence-corrected chi connectivity index (χ1v) is 12.7. The van der Waals surface area contributed by atoms with E-state index in [1.54, 1.807) is 48.0 Å². The molecule has 1 heterocycles. The second-order valence-corrected chi connectivity index (χ2v) is 9.27. The van der Waals surface area contributed by atoms with Gasteiger partial charge in [-0.1, -0.05) is 48.5 Å². The fourth-order valence-corrected chi connectivity index (χ4v) is 5.02. The standard InChI is InChI=1S/C28H30N2O3S/c1-33-25-16-13-22(14-17-25)28(32)29-19-24(15-12-21-8-4-3-5-9-21)30(27(31)20-29)18-23-10-6-7-11-26(23)34-2/h3-11,13-14,16-17,24H,12,15,18-20H2,1-2H3/t24-/m0/s1. The maximum atomic E-state index is 13.4. The molecule has 0 bridgehead atoms. The van der Waals surface area contributed by atoms with Crippen molar-refractivity contribution in [2.45, 2.75) is 30.3 Å². The lowest BCUT2D eigenvalue weighted by atomic mass is 10.00. The van der Waals surface area contributed by atoms with Crippen LogP contribution in [0.15, 0.2) is 83.8 Å². The van der Waals surface area contributed by atoms with Crippen molar-refractivity contribution in [3.63, 3.8) is 0 Å². The van der Waals surface area contributed by atoms with Gasteiger partial charge in [-0.25, -0.2) is 0 Å². The van der Waals surface area contributed by atoms with E-state index in [1.165, 1.54) is 10.5 Å². The monoisotopic (exact) mass is 474 g/mol. The molecular formula is C28H30N2O3S. The molecule has 1 saturated heterocycles. The van der Waals surface area contributed by atoms with Crippen molar-refractivity contribution in [3.8, 4) is 5.75 Å². The topological polar surface area (TPSA) is 49.9 Å². The molecule has 1 fully saturated rings. The van der Waals surface area contributed by atoms with E-state index in [9.17, 15) is 9.59 Å². The molecule has 0 aliphatic carbocycles. The molecule has 0 radical (unpaired) electrons. The minimum absolute atomic E-state index is 0.0120. The van der Waals surface area contributed by atoms with Crippen molar-refractivity contribution < 1.29 is 14.3 Å². The summed E-state index contributed by atoms with van der Waals surface area (Å²) in [5.74, 6) is 0.567. The van der Waals surface area contributed by atoms with E-state index >= 15 is 0 Å². The predicted octanol–water partition coefficient (Wildman–Crippen LogP) is 4.90. The molecule has 176 valence electrons. The van der Waals surface area contributed by atoms with Gasteiger partial charge in [0.2, 0.25) is 5.91 Å². The van der Waals surface area contributed by atoms with Crippen LogP contribution in [0.1, 0.15) is 27.9 Å². The van der Waals surface area contributed by atoms with Gasteiger partial charge in [0.05, 0.1) is 13.2 Å². The highest BCUT2D eigenvalue weighted by molar-refractivity contribution is 7.98. The van der Waals surface area contributed by atoms with Crippen LogP contribution in [0.25, 0.3) is 0 Å². The summed E-state index contributed by atoms with van der Waals surface area (Å²) in [5.41, 5.74) is 2.94. The molecule has 2 amide bonds. The minimum Gasteiger partial charge on any atom is -0.497 e. The molecule has 3 aromatic carbocycles. The smallest absolute Gasteiger partial charge is 0.254 e. The third kappa shape index (κ3) is 5.62. The summed E-state index contributed by atoms with van der Waals surface area (Å²) < 4.78 is 5.20. The van der Waals surface area contributed by atoms with Crippen LogP contribution in [0.2, 0.25) is 0 Å². The average Bonchev–Trinajstić information content (AvgIpc) is 2.89. The van der Waals surface area contributed by atoms with Crippen LogP contribution >= 0.6 is 11.8 Å². The highest BCUT2D eigenvalue weighted by Gasteiger charge is 2.35. The van der Waals surface area contributed by atoms with Gasteiger partial charge in [-0.2, -0.15) is 0 Å². The number of amides is 2. The van der Waals surface area contributed by atoms with Crippen LogP contribution in [0, 0.1) is 0 Å². The minimum atomic E-state index is -0.120. The zero-order valence-electron chi connectivity index (χ0n) is 19.6. The maximum Gasteiger partial charge on any atom is 0.254 e. The first-order valence-electron chi connectivity index (χ1n) is 11.5. The number of carbonyl (C=O) groups is 2. The largest absolute Gasteiger partial charge is 0.497 e. The average molecular weight is 475 g/mol. The Morgan fingerprint density at radius 3 is 2.41 bits per heavy atom. The Balaban J connectivity index is 1.55. The van der Waals surface area contributed by atoms with E-state index in [-0.39, 0.29) is 24.4 Å². The van der Waals surface area contributed by atoms with E-state index in [2.05, 4.69) is 30.5 Å². The lowest BCUT2D eigenvalue weighted by Crippen LogP contribution is -2.57. The summed E-state index contributed by atoms with van der Waals surface area (Å²) in [7, 11) is 1.60. The van der Waals surface area contributed by atoms with E-state index in [0.717, 1.165) is 18.4 Å². The van der Waals surface area contributed by atoms with Crippen molar-refractivity contribution in [2.75, 3.05) is 26.5 Å². The number of thioether (sulfide) groups is 1. The molecule has 0 aromatic heterocycles. The third-order valence-corrected chi connectivity index (χ3v) is 7.12. The van der Waals surface area contributed by atoms with Gasteiger partial charge < -0.3 is 14.5 Å². The van der Waals surface area contributed by atoms with E-state index in [4.69, 9.17) is 4.74 Å². The molecular weight excluding hydrogens is 444 g/mol. The van der Waals surface area contributed by atoms with Crippen LogP contribution < -0.4 is 4.74 Å². The van der Waals surface area contributed by atoms with Gasteiger partial charge in [-0.05, 0) is 60.6 Å². The van der Waals surface area contributed by atoms with Gasteiger partial charge in [-0.15, -0.1) is 11.8 Å². The van der Waals surface area contributed by atoms with Gasteiger partial charge in [0.1, 0.15) is 12.3 Å². The first-order chi connectivity index (χ1) is 16.6. The van der Waals surface area contributed by atoms with E-state index in [1.807, 2.05) is 35.2 Å². The Hall–Kier alpha value is -3.25. The summed E-state index contributed by atoms with van der Waals surface area (Å²) in [6.45, 7) is 1.17. The molecule has 1 atom stereocenters. The first kappa shape index (κ1) is 23.9. The van der Waals surface area contributed by atoms with Gasteiger partial charge >= 0.3 is 0 Å². The Morgan fingerprint density at radius 2 is 1.71 bits per heavy atom. The summed E-state index contributed by atoms with van der Waals surface area (Å²) in [6, 6.07) is 25.5. The van der Waals surface area contributed by atoms with Gasteiger partial charge in [0, 0.05) is 23.5 Å². The quantitative estimate of drug-likeness (QED) is 0.436. The summed E-state index contributed by atoms with van der Waals surface area (Å²) in [5, 5.41) is 0. The number of hydrogen-bond donors (Lipinski definition) is 0. The number of ether oxygens (including phenoxy) is 1. The van der Waals surface area contributed by atoms with E-state index < -0.39 is 0 Å². The van der Waals surface area contributed by atoms with Crippen molar-refractivity contribution in [1.82, 2.24) is 9.80 Å². The Labute approximate surface area is 205 Å². The summed E-state index contributed by atoms with van der Waals surface area (Å²) in [4.78, 5) is 31.4. The third-order valence-electron chi connectivity index (χ3n) is 6.28. The van der Waals surface area contributed by atoms with Crippen molar-refractivity contribution in [2.24, 2.45) is 0 Å². The summed E-state index contributed by atoms with van der Waals surface area (Å²) in [6.07, 6.45) is 3.70. The van der Waals surface area contributed by atoms with Gasteiger partial charge in [-0.3, -0.25) is 9.59 Å². The molecule has 1 aliphatic rings. The number of carbonyl (C=O) groups excluding carboxylic acids is 2. The highest BCUT2D eigenvalue weighted by atomic mass is 32.2. The Bertz CT molecular complexity index is 1120. The SMILES string of the molecule is COc1ccc(C(=O)N2CC(=O)N(Cc3ccccc3SC)[C@@H](CCc3ccccc3)C2)cc1. The normalized spacial score (nSPS) is 15.9. The highest BCUT2D eigenvalue weighted by Crippen LogP contribution is 2.26. The van der Waals surface area contributed by atoms with E-state index in [0.29, 0.717) is 24.4 Å². The molecule has 4 rings (SSSR count). The fourth-order valence-electron chi connectivity index (χ4n) is 4.41. The van der Waals surface area contributed by atoms with Crippen molar-refractivity contribution in [1.29, 1.82) is 0 Å². The number of methoxy groups -OCH3 is 1. The number of hydrogen-bond acceptors (Lipinski definition) is 4. The fraction of sp³-hybridized carbons (Fsp3) is 0.286. The van der Waals surface area contributed by atoms with Crippen LogP contribution in [0.3, 0.4) is 0 Å². The van der Waals surface area contributed by atoms with Crippen LogP contribution in [0.5, 0.6) is 5.75 Å². The predicted molar refractivity (Wildman–Crippen MR) is 136 cm³/mol. The number of piperazine rings is 1. The zero-order valence-corrected chi connectivity index (χ0v) is 20.5. The molecule has 3 aromatic rings. The second-order valence-electron chi connectivity index (χ2n) is 8.43. The molecule has 34 heavy (non-hydrogen) atoms. The number of nitrogens with zero attached hydrogens (tertiary/aromatic N) is 2. The molecule has 0 saturated carbocycles. The van der Waals surface area contributed by atoms with Crippen molar-refractivity contribution >= 4 is 23.6 Å². The van der Waals surface area contributed by atoms with Crippen LogP contribution in [0.4, 0.5) is 0 Å². The maximum absolute atomic E-state index is 13.4. The lowest BCUT2D eigenvalue weighted by Gasteiger charge is -2.41. The van der Waals surface area contributed by atoms with Gasteiger partial charge in [0.25, 0.3) is 5.91 Å². The second kappa shape index (κ2) is 11.3. The molecule has 0 N–H and O–H groups in total. The Morgan fingerprint density at radius 1 is 1.00 bits per heavy atom. The Kier molecular flexibility index (Phi) is 7.91. The lowest BCUT2D eigenvalue weighted by molar-refractivity contribution is -0.139. The van der Waals surface area contributed by atoms with Crippen molar-refractivity contribution in [3.05, 3.63) is 95.6 Å². The molecule has 0 spiro atoms. The zero-order chi connectivity index (χ0) is 23.9. The molecule has 5 nitrogen and oxygen atoms in total. The molecule has 6 heteroatoms. The van der Waals surface area contributed by atoms with Crippen LogP contribution in [-0.4, -0.2) is 54.1 Å². The van der Waals surface area contributed by atoms with Gasteiger partial charge in [0.15, 0.2) is 0 Å². The molecule has 0 unspecified atom stereocenters. The molecule has 1 aliphatic heterocycles. The number of rotatable bonds is 8. The number of benzene rings is 3. The number of aryl methyl sites for hydroxylation is 1. The van der Waals surface area contributed by atoms with Crippen LogP contribution in [-0.2, 0) is 17.8 Å². The summed E-state index contributed by atoms with van der Waals surface area (Å²) >= 11 is 1.69.